The van der Waals surface area contributed by atoms with Gasteiger partial charge in [0.15, 0.2) is 0 Å². The van der Waals surface area contributed by atoms with Gasteiger partial charge in [-0.15, -0.1) is 0 Å². The van der Waals surface area contributed by atoms with Gasteiger partial charge in [0.1, 0.15) is 0 Å². The Morgan fingerprint density at radius 2 is 1.35 bits per heavy atom. The minimum Gasteiger partial charge on any atom is -0.322 e. The molecule has 3 aromatic rings. The maximum Gasteiger partial charge on any atom is 0.321 e. The summed E-state index contributed by atoms with van der Waals surface area (Å²) in [6, 6.07) is 28.8. The van der Waals surface area contributed by atoms with Crippen LogP contribution in [0.25, 0.3) is 6.08 Å². The highest BCUT2D eigenvalue weighted by Crippen LogP contribution is 2.29. The van der Waals surface area contributed by atoms with Crippen molar-refractivity contribution >= 4 is 23.7 Å². The van der Waals surface area contributed by atoms with Crippen LogP contribution in [0.5, 0.6) is 0 Å². The zero-order valence-electron chi connectivity index (χ0n) is 17.3. The molecule has 5 heteroatoms. The highest BCUT2D eigenvalue weighted by Gasteiger charge is 2.27. The molecule has 0 unspecified atom stereocenters. The van der Waals surface area contributed by atoms with Gasteiger partial charge in [0, 0.05) is 37.4 Å². The highest BCUT2D eigenvalue weighted by molar-refractivity contribution is 6.30. The lowest BCUT2D eigenvalue weighted by molar-refractivity contribution is 0.122. The number of carbonyl (C=O) groups is 1. The summed E-state index contributed by atoms with van der Waals surface area (Å²) >= 11 is 5.91. The van der Waals surface area contributed by atoms with Crippen molar-refractivity contribution in [2.24, 2.45) is 0 Å². The Labute approximate surface area is 188 Å². The average molecular weight is 432 g/mol. The predicted molar refractivity (Wildman–Crippen MR) is 127 cm³/mol. The van der Waals surface area contributed by atoms with Crippen LogP contribution in [0.15, 0.2) is 91.1 Å². The third-order valence-corrected chi connectivity index (χ3v) is 5.80. The van der Waals surface area contributed by atoms with E-state index in [4.69, 9.17) is 11.6 Å². The largest absolute Gasteiger partial charge is 0.322 e. The van der Waals surface area contributed by atoms with Gasteiger partial charge in [-0.2, -0.15) is 0 Å². The summed E-state index contributed by atoms with van der Waals surface area (Å²) in [6.45, 7) is 3.03. The van der Waals surface area contributed by atoms with E-state index in [1.807, 2.05) is 47.4 Å². The molecule has 0 saturated carbocycles. The number of halogens is 1. The minimum absolute atomic E-state index is 0.0687. The van der Waals surface area contributed by atoms with Crippen LogP contribution in [0.4, 0.5) is 4.79 Å². The Bertz CT molecular complexity index is 958. The number of rotatable bonds is 5. The number of amides is 2. The number of nitrogens with one attached hydrogen (secondary N) is 1. The molecule has 3 aromatic carbocycles. The normalized spacial score (nSPS) is 14.8. The van der Waals surface area contributed by atoms with Crippen LogP contribution in [0.3, 0.4) is 0 Å². The van der Waals surface area contributed by atoms with Gasteiger partial charge in [0.2, 0.25) is 0 Å². The lowest BCUT2D eigenvalue weighted by Crippen LogP contribution is -2.51. The molecule has 1 N–H and O–H groups in total. The van der Waals surface area contributed by atoms with E-state index in [0.29, 0.717) is 18.1 Å². The molecule has 1 aliphatic heterocycles. The van der Waals surface area contributed by atoms with Crippen LogP contribution < -0.4 is 5.32 Å². The maximum atomic E-state index is 12.6. The SMILES string of the molecule is O=C(N/C=C/c1ccc(Cl)cc1)N1CCN(C(c2ccccc2)c2ccccc2)CC1. The second kappa shape index (κ2) is 10.3. The van der Waals surface area contributed by atoms with Crippen LogP contribution in [-0.2, 0) is 0 Å². The van der Waals surface area contributed by atoms with Crippen molar-refractivity contribution in [3.8, 4) is 0 Å². The topological polar surface area (TPSA) is 35.6 Å². The van der Waals surface area contributed by atoms with Gasteiger partial charge in [0.25, 0.3) is 0 Å². The first-order valence-electron chi connectivity index (χ1n) is 10.5. The lowest BCUT2D eigenvalue weighted by Gasteiger charge is -2.39. The first kappa shape index (κ1) is 21.2. The first-order valence-corrected chi connectivity index (χ1v) is 10.9. The van der Waals surface area contributed by atoms with Crippen LogP contribution in [0.2, 0.25) is 5.02 Å². The smallest absolute Gasteiger partial charge is 0.321 e. The van der Waals surface area contributed by atoms with Crippen molar-refractivity contribution < 1.29 is 4.79 Å². The van der Waals surface area contributed by atoms with Crippen molar-refractivity contribution in [2.75, 3.05) is 26.2 Å². The zero-order chi connectivity index (χ0) is 21.5. The summed E-state index contributed by atoms with van der Waals surface area (Å²) in [4.78, 5) is 16.9. The molecule has 4 rings (SSSR count). The predicted octanol–water partition coefficient (Wildman–Crippen LogP) is 5.43. The Balaban J connectivity index is 1.37. The second-order valence-corrected chi connectivity index (χ2v) is 8.02. The molecule has 0 aromatic heterocycles. The van der Waals surface area contributed by atoms with E-state index in [-0.39, 0.29) is 12.1 Å². The molecule has 4 nitrogen and oxygen atoms in total. The standard InChI is InChI=1S/C26H26ClN3O/c27-24-13-11-21(12-14-24)15-16-28-26(31)30-19-17-29(18-20-30)25(22-7-3-1-4-8-22)23-9-5-2-6-10-23/h1-16,25H,17-20H2,(H,28,31)/b16-15+. The van der Waals surface area contributed by atoms with E-state index in [2.05, 4.69) is 58.7 Å². The fourth-order valence-electron chi connectivity index (χ4n) is 3.94. The summed E-state index contributed by atoms with van der Waals surface area (Å²) in [5.41, 5.74) is 3.54. The molecule has 0 atom stereocenters. The van der Waals surface area contributed by atoms with Crippen molar-refractivity contribution in [1.29, 1.82) is 0 Å². The van der Waals surface area contributed by atoms with Gasteiger partial charge in [-0.1, -0.05) is 84.4 Å². The van der Waals surface area contributed by atoms with Gasteiger partial charge in [-0.05, 0) is 34.9 Å². The quantitative estimate of drug-likeness (QED) is 0.584. The summed E-state index contributed by atoms with van der Waals surface area (Å²) in [6.07, 6.45) is 3.56. The third-order valence-electron chi connectivity index (χ3n) is 5.55. The van der Waals surface area contributed by atoms with E-state index in [1.54, 1.807) is 6.20 Å². The molecule has 0 bridgehead atoms. The molecular weight excluding hydrogens is 406 g/mol. The molecule has 1 heterocycles. The Morgan fingerprint density at radius 3 is 1.90 bits per heavy atom. The molecule has 0 spiro atoms. The van der Waals surface area contributed by atoms with Crippen LogP contribution in [0, 0.1) is 0 Å². The van der Waals surface area contributed by atoms with Gasteiger partial charge in [-0.25, -0.2) is 4.79 Å². The van der Waals surface area contributed by atoms with Crippen molar-refractivity contribution in [2.45, 2.75) is 6.04 Å². The highest BCUT2D eigenvalue weighted by atomic mass is 35.5. The molecule has 31 heavy (non-hydrogen) atoms. The molecule has 1 fully saturated rings. The molecule has 158 valence electrons. The van der Waals surface area contributed by atoms with E-state index in [1.165, 1.54) is 11.1 Å². The van der Waals surface area contributed by atoms with E-state index >= 15 is 0 Å². The van der Waals surface area contributed by atoms with E-state index in [9.17, 15) is 4.79 Å². The van der Waals surface area contributed by atoms with Crippen LogP contribution in [0.1, 0.15) is 22.7 Å². The van der Waals surface area contributed by atoms with Gasteiger partial charge < -0.3 is 10.2 Å². The molecule has 1 saturated heterocycles. The fourth-order valence-corrected chi connectivity index (χ4v) is 4.07. The number of carbonyl (C=O) groups excluding carboxylic acids is 1. The van der Waals surface area contributed by atoms with E-state index < -0.39 is 0 Å². The van der Waals surface area contributed by atoms with Crippen molar-refractivity contribution in [1.82, 2.24) is 15.1 Å². The van der Waals surface area contributed by atoms with Crippen molar-refractivity contribution in [3.05, 3.63) is 113 Å². The average Bonchev–Trinajstić information content (AvgIpc) is 2.82. The van der Waals surface area contributed by atoms with Crippen molar-refractivity contribution in [3.63, 3.8) is 0 Å². The first-order chi connectivity index (χ1) is 15.2. The number of hydrogen-bond donors (Lipinski definition) is 1. The number of nitrogens with zero attached hydrogens (tertiary/aromatic N) is 2. The Kier molecular flexibility index (Phi) is 7.03. The summed E-state index contributed by atoms with van der Waals surface area (Å²) in [5, 5.41) is 3.58. The second-order valence-electron chi connectivity index (χ2n) is 7.58. The third kappa shape index (κ3) is 5.54. The van der Waals surface area contributed by atoms with Gasteiger partial charge in [0.05, 0.1) is 6.04 Å². The summed E-state index contributed by atoms with van der Waals surface area (Å²) < 4.78 is 0. The number of piperazine rings is 1. The lowest BCUT2D eigenvalue weighted by atomic mass is 9.96. The fraction of sp³-hybridized carbons (Fsp3) is 0.192. The zero-order valence-corrected chi connectivity index (χ0v) is 18.1. The number of urea groups is 1. The Morgan fingerprint density at radius 1 is 0.806 bits per heavy atom. The van der Waals surface area contributed by atoms with Crippen LogP contribution >= 0.6 is 11.6 Å². The number of benzene rings is 3. The van der Waals surface area contributed by atoms with E-state index in [0.717, 1.165) is 18.7 Å². The summed E-state index contributed by atoms with van der Waals surface area (Å²) in [5.74, 6) is 0. The summed E-state index contributed by atoms with van der Waals surface area (Å²) in [7, 11) is 0. The molecule has 0 aliphatic carbocycles. The molecule has 1 aliphatic rings. The number of hydrogen-bond acceptors (Lipinski definition) is 2. The maximum absolute atomic E-state index is 12.6. The van der Waals surface area contributed by atoms with Crippen LogP contribution in [-0.4, -0.2) is 42.0 Å². The molecular formula is C26H26ClN3O. The molecule has 0 radical (unpaired) electrons. The Hall–Kier alpha value is -3.08. The minimum atomic E-state index is -0.0687. The van der Waals surface area contributed by atoms with Gasteiger partial charge >= 0.3 is 6.03 Å². The molecule has 2 amide bonds. The van der Waals surface area contributed by atoms with Gasteiger partial charge in [-0.3, -0.25) is 4.90 Å². The monoisotopic (exact) mass is 431 g/mol.